The summed E-state index contributed by atoms with van der Waals surface area (Å²) in [5.74, 6) is 1.41. The Morgan fingerprint density at radius 1 is 1.39 bits per heavy atom. The van der Waals surface area contributed by atoms with Crippen LogP contribution in [0.25, 0.3) is 0 Å². The first-order chi connectivity index (χ1) is 11.2. The number of ether oxygens (including phenoxy) is 1. The highest BCUT2D eigenvalue weighted by Crippen LogP contribution is 2.29. The average molecular weight is 312 g/mol. The molecule has 1 aromatic carbocycles. The number of benzene rings is 1. The molecular formula is C17H20N4O2. The molecule has 1 aliphatic heterocycles. The van der Waals surface area contributed by atoms with E-state index in [1.54, 1.807) is 0 Å². The first-order valence-electron chi connectivity index (χ1n) is 7.75. The van der Waals surface area contributed by atoms with Gasteiger partial charge in [-0.15, -0.1) is 0 Å². The lowest BCUT2D eigenvalue weighted by Gasteiger charge is -2.31. The number of fused-ring (bicyclic) bond motifs is 1. The van der Waals surface area contributed by atoms with Gasteiger partial charge >= 0.3 is 0 Å². The van der Waals surface area contributed by atoms with Crippen LogP contribution in [0.5, 0.6) is 5.88 Å². The number of hydrogen-bond acceptors (Lipinski definition) is 5. The van der Waals surface area contributed by atoms with Crippen LogP contribution in [0.3, 0.4) is 0 Å². The van der Waals surface area contributed by atoms with E-state index in [1.807, 2.05) is 25.1 Å². The molecular weight excluding hydrogens is 292 g/mol. The van der Waals surface area contributed by atoms with Crippen molar-refractivity contribution in [2.24, 2.45) is 0 Å². The summed E-state index contributed by atoms with van der Waals surface area (Å²) in [7, 11) is 0. The standard InChI is InChI=1S/C17H20N4O2/c1-3-23-17-9-16(18-11-19-17)21-8-7-14-13(10-21)5-4-6-15(14)20-12(2)22/h4-6,9,11H,3,7-8,10H2,1-2H3,(H,20,22). The van der Waals surface area contributed by atoms with Crippen LogP contribution in [0.4, 0.5) is 11.5 Å². The Kier molecular flexibility index (Phi) is 4.41. The number of rotatable bonds is 4. The monoisotopic (exact) mass is 312 g/mol. The molecule has 0 saturated carbocycles. The Hall–Kier alpha value is -2.63. The summed E-state index contributed by atoms with van der Waals surface area (Å²) in [5.41, 5.74) is 3.32. The molecule has 0 radical (unpaired) electrons. The van der Waals surface area contributed by atoms with Gasteiger partial charge in [-0.1, -0.05) is 12.1 Å². The first kappa shape index (κ1) is 15.3. The highest BCUT2D eigenvalue weighted by Gasteiger charge is 2.20. The summed E-state index contributed by atoms with van der Waals surface area (Å²) in [4.78, 5) is 22.0. The van der Waals surface area contributed by atoms with Crippen LogP contribution >= 0.6 is 0 Å². The Bertz CT molecular complexity index is 717. The van der Waals surface area contributed by atoms with E-state index in [9.17, 15) is 4.79 Å². The van der Waals surface area contributed by atoms with Crippen molar-refractivity contribution in [2.45, 2.75) is 26.8 Å². The highest BCUT2D eigenvalue weighted by atomic mass is 16.5. The molecule has 0 fully saturated rings. The quantitative estimate of drug-likeness (QED) is 0.939. The van der Waals surface area contributed by atoms with Gasteiger partial charge in [0.15, 0.2) is 0 Å². The van der Waals surface area contributed by atoms with Crippen molar-refractivity contribution in [3.63, 3.8) is 0 Å². The van der Waals surface area contributed by atoms with Gasteiger partial charge < -0.3 is 15.0 Å². The van der Waals surface area contributed by atoms with E-state index in [0.29, 0.717) is 12.5 Å². The minimum Gasteiger partial charge on any atom is -0.478 e. The normalized spacial score (nSPS) is 13.4. The largest absolute Gasteiger partial charge is 0.478 e. The van der Waals surface area contributed by atoms with E-state index < -0.39 is 0 Å². The first-order valence-corrected chi connectivity index (χ1v) is 7.75. The topological polar surface area (TPSA) is 67.3 Å². The van der Waals surface area contributed by atoms with Crippen molar-refractivity contribution in [2.75, 3.05) is 23.4 Å². The fourth-order valence-electron chi connectivity index (χ4n) is 2.84. The highest BCUT2D eigenvalue weighted by molar-refractivity contribution is 5.89. The lowest BCUT2D eigenvalue weighted by Crippen LogP contribution is -2.31. The van der Waals surface area contributed by atoms with Crippen molar-refractivity contribution in [1.82, 2.24) is 9.97 Å². The third-order valence-corrected chi connectivity index (χ3v) is 3.82. The smallest absolute Gasteiger partial charge is 0.221 e. The molecule has 1 N–H and O–H groups in total. The van der Waals surface area contributed by atoms with E-state index in [2.05, 4.69) is 26.3 Å². The molecule has 6 nitrogen and oxygen atoms in total. The number of carbonyl (C=O) groups excluding carboxylic acids is 1. The molecule has 0 aliphatic carbocycles. The molecule has 120 valence electrons. The zero-order chi connectivity index (χ0) is 16.2. The minimum atomic E-state index is -0.0435. The number of carbonyl (C=O) groups is 1. The summed E-state index contributed by atoms with van der Waals surface area (Å²) in [5, 5.41) is 2.91. The van der Waals surface area contributed by atoms with Crippen molar-refractivity contribution < 1.29 is 9.53 Å². The van der Waals surface area contributed by atoms with E-state index in [4.69, 9.17) is 4.74 Å². The van der Waals surface area contributed by atoms with Gasteiger partial charge in [-0.25, -0.2) is 9.97 Å². The Morgan fingerprint density at radius 2 is 2.26 bits per heavy atom. The van der Waals surface area contributed by atoms with E-state index in [-0.39, 0.29) is 5.91 Å². The number of anilines is 2. The Morgan fingerprint density at radius 3 is 3.04 bits per heavy atom. The molecule has 0 bridgehead atoms. The van der Waals surface area contributed by atoms with Crippen LogP contribution in [0, 0.1) is 0 Å². The van der Waals surface area contributed by atoms with Crippen molar-refractivity contribution >= 4 is 17.4 Å². The average Bonchev–Trinajstić information content (AvgIpc) is 2.55. The summed E-state index contributed by atoms with van der Waals surface area (Å²) < 4.78 is 5.44. The van der Waals surface area contributed by atoms with Gasteiger partial charge in [0.25, 0.3) is 0 Å². The molecule has 0 unspecified atom stereocenters. The molecule has 1 amide bonds. The molecule has 2 heterocycles. The predicted octanol–water partition coefficient (Wildman–Crippen LogP) is 2.40. The molecule has 0 spiro atoms. The van der Waals surface area contributed by atoms with Gasteiger partial charge in [-0.05, 0) is 30.5 Å². The van der Waals surface area contributed by atoms with Gasteiger partial charge in [0, 0.05) is 31.8 Å². The summed E-state index contributed by atoms with van der Waals surface area (Å²) in [6.45, 7) is 5.64. The maximum absolute atomic E-state index is 11.3. The van der Waals surface area contributed by atoms with Gasteiger partial charge in [0.05, 0.1) is 6.61 Å². The van der Waals surface area contributed by atoms with Crippen LogP contribution in [0.15, 0.2) is 30.6 Å². The fraction of sp³-hybridized carbons (Fsp3) is 0.353. The second-order valence-electron chi connectivity index (χ2n) is 5.44. The van der Waals surface area contributed by atoms with Gasteiger partial charge in [0.1, 0.15) is 12.1 Å². The lowest BCUT2D eigenvalue weighted by molar-refractivity contribution is -0.114. The SMILES string of the molecule is CCOc1cc(N2CCc3c(cccc3NC(C)=O)C2)ncn1. The van der Waals surface area contributed by atoms with Crippen LogP contribution in [0.2, 0.25) is 0 Å². The Labute approximate surface area is 135 Å². The van der Waals surface area contributed by atoms with Gasteiger partial charge in [0.2, 0.25) is 11.8 Å². The second kappa shape index (κ2) is 6.64. The summed E-state index contributed by atoms with van der Waals surface area (Å²) in [6.07, 6.45) is 2.39. The zero-order valence-corrected chi connectivity index (χ0v) is 13.4. The number of nitrogens with zero attached hydrogens (tertiary/aromatic N) is 3. The number of amides is 1. The van der Waals surface area contributed by atoms with E-state index >= 15 is 0 Å². The molecule has 6 heteroatoms. The van der Waals surface area contributed by atoms with E-state index in [1.165, 1.54) is 24.4 Å². The molecule has 2 aromatic rings. The van der Waals surface area contributed by atoms with Gasteiger partial charge in [-0.2, -0.15) is 0 Å². The molecule has 1 aromatic heterocycles. The van der Waals surface area contributed by atoms with Crippen LogP contribution in [-0.4, -0.2) is 29.0 Å². The van der Waals surface area contributed by atoms with Crippen molar-refractivity contribution in [3.8, 4) is 5.88 Å². The molecule has 1 aliphatic rings. The maximum Gasteiger partial charge on any atom is 0.221 e. The fourth-order valence-corrected chi connectivity index (χ4v) is 2.84. The second-order valence-corrected chi connectivity index (χ2v) is 5.44. The predicted molar refractivity (Wildman–Crippen MR) is 88.7 cm³/mol. The summed E-state index contributed by atoms with van der Waals surface area (Å²) >= 11 is 0. The maximum atomic E-state index is 11.3. The van der Waals surface area contributed by atoms with Crippen molar-refractivity contribution in [1.29, 1.82) is 0 Å². The van der Waals surface area contributed by atoms with Crippen LogP contribution in [0.1, 0.15) is 25.0 Å². The molecule has 0 atom stereocenters. The molecule has 0 saturated heterocycles. The number of nitrogens with one attached hydrogen (secondary N) is 1. The van der Waals surface area contributed by atoms with Crippen LogP contribution < -0.4 is 15.0 Å². The number of aromatic nitrogens is 2. The molecule has 23 heavy (non-hydrogen) atoms. The zero-order valence-electron chi connectivity index (χ0n) is 13.4. The Balaban J connectivity index is 1.83. The van der Waals surface area contributed by atoms with Crippen molar-refractivity contribution in [3.05, 3.63) is 41.7 Å². The minimum absolute atomic E-state index is 0.0435. The van der Waals surface area contributed by atoms with Crippen LogP contribution in [-0.2, 0) is 17.8 Å². The van der Waals surface area contributed by atoms with E-state index in [0.717, 1.165) is 31.0 Å². The summed E-state index contributed by atoms with van der Waals surface area (Å²) in [6, 6.07) is 7.89. The molecule has 3 rings (SSSR count). The third-order valence-electron chi connectivity index (χ3n) is 3.82. The third kappa shape index (κ3) is 3.41. The van der Waals surface area contributed by atoms with Gasteiger partial charge in [-0.3, -0.25) is 4.79 Å². The lowest BCUT2D eigenvalue weighted by atomic mass is 9.97. The number of hydrogen-bond donors (Lipinski definition) is 1.